The molecule has 0 aliphatic carbocycles. The topological polar surface area (TPSA) is 34.1 Å². The van der Waals surface area contributed by atoms with Crippen molar-refractivity contribution in [2.24, 2.45) is 0 Å². The summed E-state index contributed by atoms with van der Waals surface area (Å²) in [6, 6.07) is 4.23. The molecule has 0 aromatic heterocycles. The quantitative estimate of drug-likeness (QED) is 0.741. The molecular formula is C8H6Cl4O2S. The monoisotopic (exact) mass is 306 g/mol. The summed E-state index contributed by atoms with van der Waals surface area (Å²) in [5, 5.41) is 0.427. The Morgan fingerprint density at radius 3 is 2.13 bits per heavy atom. The molecule has 0 N–H and O–H groups in total. The van der Waals surface area contributed by atoms with Gasteiger partial charge in [0.15, 0.2) is 0 Å². The molecule has 0 fully saturated rings. The van der Waals surface area contributed by atoms with E-state index in [-0.39, 0.29) is 4.90 Å². The van der Waals surface area contributed by atoms with Crippen molar-refractivity contribution >= 4 is 56.2 Å². The zero-order valence-corrected chi connectivity index (χ0v) is 11.3. The van der Waals surface area contributed by atoms with E-state index >= 15 is 0 Å². The van der Waals surface area contributed by atoms with Crippen LogP contribution in [-0.2, 0) is 9.84 Å². The van der Waals surface area contributed by atoms with Crippen molar-refractivity contribution in [3.05, 3.63) is 28.8 Å². The number of hydrogen-bond donors (Lipinski definition) is 0. The van der Waals surface area contributed by atoms with Gasteiger partial charge in [0.1, 0.15) is 0 Å². The summed E-state index contributed by atoms with van der Waals surface area (Å²) in [4.78, 5) is -0.0353. The maximum atomic E-state index is 11.7. The molecule has 0 heterocycles. The minimum atomic E-state index is -3.99. The fourth-order valence-corrected chi connectivity index (χ4v) is 2.99. The van der Waals surface area contributed by atoms with E-state index in [1.165, 1.54) is 18.2 Å². The molecule has 2 nitrogen and oxygen atoms in total. The number of aryl methyl sites for hydroxylation is 1. The second kappa shape index (κ2) is 4.30. The van der Waals surface area contributed by atoms with Gasteiger partial charge in [0.2, 0.25) is 9.84 Å². The van der Waals surface area contributed by atoms with Gasteiger partial charge in [-0.3, -0.25) is 0 Å². The zero-order chi connectivity index (χ0) is 11.9. The molecule has 15 heavy (non-hydrogen) atoms. The Bertz CT molecular complexity index is 476. The first-order valence-electron chi connectivity index (χ1n) is 3.74. The zero-order valence-electron chi connectivity index (χ0n) is 7.47. The maximum Gasteiger partial charge on any atom is 0.296 e. The smallest absolute Gasteiger partial charge is 0.219 e. The van der Waals surface area contributed by atoms with E-state index in [9.17, 15) is 8.42 Å². The van der Waals surface area contributed by atoms with Crippen LogP contribution in [-0.4, -0.2) is 11.5 Å². The van der Waals surface area contributed by atoms with Gasteiger partial charge < -0.3 is 0 Å². The van der Waals surface area contributed by atoms with Gasteiger partial charge in [0.25, 0.3) is 3.12 Å². The van der Waals surface area contributed by atoms with Crippen LogP contribution in [0, 0.1) is 6.92 Å². The molecule has 1 aromatic carbocycles. The van der Waals surface area contributed by atoms with Gasteiger partial charge in [-0.25, -0.2) is 8.42 Å². The van der Waals surface area contributed by atoms with Gasteiger partial charge in [0, 0.05) is 5.02 Å². The average Bonchev–Trinajstić information content (AvgIpc) is 2.00. The molecule has 0 saturated heterocycles. The molecule has 0 radical (unpaired) electrons. The highest BCUT2D eigenvalue weighted by Crippen LogP contribution is 2.39. The average molecular weight is 308 g/mol. The van der Waals surface area contributed by atoms with Crippen LogP contribution in [0.4, 0.5) is 0 Å². The first-order valence-corrected chi connectivity index (χ1v) is 6.73. The Morgan fingerprint density at radius 1 is 1.20 bits per heavy atom. The van der Waals surface area contributed by atoms with Gasteiger partial charge in [-0.05, 0) is 30.7 Å². The highest BCUT2D eigenvalue weighted by Gasteiger charge is 2.40. The van der Waals surface area contributed by atoms with Crippen LogP contribution in [0.25, 0.3) is 0 Å². The van der Waals surface area contributed by atoms with E-state index in [1.54, 1.807) is 6.92 Å². The summed E-state index contributed by atoms with van der Waals surface area (Å²) in [6.45, 7) is 1.58. The molecule has 0 bridgehead atoms. The molecule has 0 saturated carbocycles. The third-order valence-electron chi connectivity index (χ3n) is 1.73. The Hall–Kier alpha value is 0.330. The normalized spacial score (nSPS) is 12.9. The van der Waals surface area contributed by atoms with E-state index in [2.05, 4.69) is 0 Å². The third-order valence-corrected chi connectivity index (χ3v) is 5.44. The van der Waals surface area contributed by atoms with E-state index in [0.29, 0.717) is 10.6 Å². The highest BCUT2D eigenvalue weighted by molar-refractivity contribution is 7.97. The fourth-order valence-electron chi connectivity index (χ4n) is 1.04. The fraction of sp³-hybridized carbons (Fsp3) is 0.250. The van der Waals surface area contributed by atoms with Crippen molar-refractivity contribution in [3.63, 3.8) is 0 Å². The summed E-state index contributed by atoms with van der Waals surface area (Å²) >= 11 is 21.8. The maximum absolute atomic E-state index is 11.7. The van der Waals surface area contributed by atoms with Gasteiger partial charge in [-0.2, -0.15) is 0 Å². The summed E-state index contributed by atoms with van der Waals surface area (Å²) in [6.07, 6.45) is 0. The van der Waals surface area contributed by atoms with Crippen LogP contribution in [0.3, 0.4) is 0 Å². The first-order chi connectivity index (χ1) is 6.66. The van der Waals surface area contributed by atoms with Crippen LogP contribution in [0.15, 0.2) is 23.1 Å². The molecule has 0 atom stereocenters. The van der Waals surface area contributed by atoms with Gasteiger partial charge in [-0.15, -0.1) is 0 Å². The summed E-state index contributed by atoms with van der Waals surface area (Å²) in [5.74, 6) is 0. The van der Waals surface area contributed by atoms with E-state index in [4.69, 9.17) is 46.4 Å². The number of benzene rings is 1. The Balaban J connectivity index is 3.42. The second-order valence-electron chi connectivity index (χ2n) is 2.86. The molecule has 84 valence electrons. The highest BCUT2D eigenvalue weighted by atomic mass is 35.6. The molecule has 0 spiro atoms. The predicted molar refractivity (Wildman–Crippen MR) is 63.7 cm³/mol. The molecular weight excluding hydrogens is 302 g/mol. The van der Waals surface area contributed by atoms with Crippen LogP contribution in [0.2, 0.25) is 5.02 Å². The minimum absolute atomic E-state index is 0.0353. The van der Waals surface area contributed by atoms with Crippen LogP contribution in [0.1, 0.15) is 5.56 Å². The Morgan fingerprint density at radius 2 is 1.73 bits per heavy atom. The largest absolute Gasteiger partial charge is 0.296 e. The summed E-state index contributed by atoms with van der Waals surface area (Å²) in [7, 11) is -3.99. The van der Waals surface area contributed by atoms with Crippen molar-refractivity contribution in [1.82, 2.24) is 0 Å². The van der Waals surface area contributed by atoms with Crippen molar-refractivity contribution in [2.45, 2.75) is 14.9 Å². The first kappa shape index (κ1) is 13.4. The van der Waals surface area contributed by atoms with Crippen molar-refractivity contribution < 1.29 is 8.42 Å². The SMILES string of the molecule is Cc1cc(Cl)ccc1S(=O)(=O)C(Cl)(Cl)Cl. The second-order valence-corrected chi connectivity index (χ2v) is 8.31. The molecule has 0 aliphatic rings. The van der Waals surface area contributed by atoms with E-state index < -0.39 is 13.0 Å². The molecule has 0 aliphatic heterocycles. The van der Waals surface area contributed by atoms with Crippen molar-refractivity contribution in [1.29, 1.82) is 0 Å². The summed E-state index contributed by atoms with van der Waals surface area (Å²) < 4.78 is 21.1. The standard InChI is InChI=1S/C8H6Cl4O2S/c1-5-4-6(9)2-3-7(5)15(13,14)8(10,11)12/h2-4H,1H3. The van der Waals surface area contributed by atoms with Crippen LogP contribution < -0.4 is 0 Å². The summed E-state index contributed by atoms with van der Waals surface area (Å²) in [5.41, 5.74) is 0.439. The lowest BCUT2D eigenvalue weighted by Gasteiger charge is -2.14. The lowest BCUT2D eigenvalue weighted by atomic mass is 10.2. The molecule has 1 aromatic rings. The molecule has 0 unspecified atom stereocenters. The lowest BCUT2D eigenvalue weighted by molar-refractivity contribution is 0.596. The number of alkyl halides is 3. The van der Waals surface area contributed by atoms with Crippen molar-refractivity contribution in [2.75, 3.05) is 0 Å². The number of halogens is 4. The van der Waals surface area contributed by atoms with E-state index in [0.717, 1.165) is 0 Å². The molecule has 7 heteroatoms. The van der Waals surface area contributed by atoms with Gasteiger partial charge in [-0.1, -0.05) is 46.4 Å². The lowest BCUT2D eigenvalue weighted by Crippen LogP contribution is -2.20. The number of hydrogen-bond acceptors (Lipinski definition) is 2. The van der Waals surface area contributed by atoms with Crippen molar-refractivity contribution in [3.8, 4) is 0 Å². The van der Waals surface area contributed by atoms with Crippen LogP contribution >= 0.6 is 46.4 Å². The van der Waals surface area contributed by atoms with Crippen LogP contribution in [0.5, 0.6) is 0 Å². The third kappa shape index (κ3) is 2.71. The Labute approximate surface area is 108 Å². The predicted octanol–water partition coefficient (Wildman–Crippen LogP) is 3.75. The molecule has 0 amide bonds. The van der Waals surface area contributed by atoms with Gasteiger partial charge >= 0.3 is 0 Å². The minimum Gasteiger partial charge on any atom is -0.219 e. The molecule has 1 rings (SSSR count). The number of rotatable bonds is 1. The van der Waals surface area contributed by atoms with Gasteiger partial charge in [0.05, 0.1) is 4.90 Å². The van der Waals surface area contributed by atoms with E-state index in [1.807, 2.05) is 0 Å². The Kier molecular flexibility index (Phi) is 3.84. The number of sulfone groups is 1.